The highest BCUT2D eigenvalue weighted by Gasteiger charge is 2.20. The Morgan fingerprint density at radius 3 is 2.65 bits per heavy atom. The van der Waals surface area contributed by atoms with Crippen LogP contribution >= 0.6 is 11.6 Å². The van der Waals surface area contributed by atoms with Crippen molar-refractivity contribution >= 4 is 17.5 Å². The first-order valence-electron chi connectivity index (χ1n) is 9.73. The number of nitrogens with one attached hydrogen (secondary N) is 1. The van der Waals surface area contributed by atoms with Gasteiger partial charge in [0.15, 0.2) is 0 Å². The second kappa shape index (κ2) is 10.2. The van der Waals surface area contributed by atoms with Crippen molar-refractivity contribution in [3.05, 3.63) is 91.2 Å². The van der Waals surface area contributed by atoms with Crippen molar-refractivity contribution in [1.29, 1.82) is 0 Å². The van der Waals surface area contributed by atoms with E-state index in [-0.39, 0.29) is 12.2 Å². The zero-order chi connectivity index (χ0) is 22.4. The van der Waals surface area contributed by atoms with E-state index >= 15 is 0 Å². The summed E-state index contributed by atoms with van der Waals surface area (Å²) >= 11 is 6.06. The molecule has 1 amide bonds. The summed E-state index contributed by atoms with van der Waals surface area (Å²) in [6.07, 6.45) is 0.577. The van der Waals surface area contributed by atoms with Crippen LogP contribution in [-0.4, -0.2) is 40.5 Å². The van der Waals surface area contributed by atoms with E-state index in [1.54, 1.807) is 25.3 Å². The predicted molar refractivity (Wildman–Crippen MR) is 118 cm³/mol. The number of halogens is 1. The van der Waals surface area contributed by atoms with Gasteiger partial charge in [-0.25, -0.2) is 4.79 Å². The van der Waals surface area contributed by atoms with E-state index < -0.39 is 17.2 Å². The largest absolute Gasteiger partial charge is 0.385 e. The van der Waals surface area contributed by atoms with Crippen molar-refractivity contribution in [2.24, 2.45) is 0 Å². The predicted octanol–water partition coefficient (Wildman–Crippen LogP) is 2.17. The molecular formula is C22H23ClN4O4. The maximum atomic E-state index is 13.1. The molecule has 0 saturated heterocycles. The van der Waals surface area contributed by atoms with Gasteiger partial charge in [0, 0.05) is 25.3 Å². The third kappa shape index (κ3) is 5.48. The molecular weight excluding hydrogens is 420 g/mol. The Balaban J connectivity index is 2.10. The fraction of sp³-hybridized carbons (Fsp3) is 0.273. The molecule has 1 N–H and O–H groups in total. The highest BCUT2D eigenvalue weighted by Crippen LogP contribution is 2.12. The van der Waals surface area contributed by atoms with Crippen LogP contribution in [0.25, 0.3) is 5.69 Å². The Bertz CT molecular complexity index is 1200. The third-order valence-corrected chi connectivity index (χ3v) is 4.80. The molecule has 0 bridgehead atoms. The number of carbonyl (C=O) groups is 1. The fourth-order valence-corrected chi connectivity index (χ4v) is 3.25. The van der Waals surface area contributed by atoms with E-state index in [1.165, 1.54) is 6.07 Å². The first-order chi connectivity index (χ1) is 14.9. The highest BCUT2D eigenvalue weighted by atomic mass is 35.5. The van der Waals surface area contributed by atoms with Gasteiger partial charge in [-0.3, -0.25) is 14.2 Å². The van der Waals surface area contributed by atoms with E-state index in [4.69, 9.17) is 16.3 Å². The zero-order valence-electron chi connectivity index (χ0n) is 17.3. The normalized spacial score (nSPS) is 10.8. The maximum absolute atomic E-state index is 13.1. The van der Waals surface area contributed by atoms with Gasteiger partial charge in [0.05, 0.1) is 12.2 Å². The van der Waals surface area contributed by atoms with Gasteiger partial charge in [-0.2, -0.15) is 9.78 Å². The van der Waals surface area contributed by atoms with Gasteiger partial charge in [0.1, 0.15) is 0 Å². The van der Waals surface area contributed by atoms with Crippen LogP contribution in [-0.2, 0) is 11.3 Å². The number of rotatable bonds is 8. The summed E-state index contributed by atoms with van der Waals surface area (Å²) in [6.45, 7) is 2.70. The van der Waals surface area contributed by atoms with Crippen molar-refractivity contribution < 1.29 is 9.53 Å². The number of methoxy groups -OCH3 is 1. The number of nitrogens with zero attached hydrogens (tertiary/aromatic N) is 3. The van der Waals surface area contributed by atoms with Crippen LogP contribution in [0.15, 0.2) is 58.1 Å². The van der Waals surface area contributed by atoms with Gasteiger partial charge in [0.25, 0.3) is 11.5 Å². The fourth-order valence-electron chi connectivity index (χ4n) is 3.07. The molecule has 8 nitrogen and oxygen atoms in total. The smallest absolute Gasteiger partial charge is 0.352 e. The summed E-state index contributed by atoms with van der Waals surface area (Å²) in [5, 5.41) is 7.12. The molecule has 0 fully saturated rings. The molecule has 0 aliphatic heterocycles. The van der Waals surface area contributed by atoms with E-state index in [0.29, 0.717) is 30.3 Å². The molecule has 1 heterocycles. The summed E-state index contributed by atoms with van der Waals surface area (Å²) in [4.78, 5) is 38.9. The van der Waals surface area contributed by atoms with Gasteiger partial charge < -0.3 is 10.1 Å². The molecule has 0 spiro atoms. The highest BCUT2D eigenvalue weighted by molar-refractivity contribution is 6.30. The Kier molecular flexibility index (Phi) is 7.38. The van der Waals surface area contributed by atoms with Crippen molar-refractivity contribution in [2.75, 3.05) is 20.3 Å². The van der Waals surface area contributed by atoms with E-state index in [9.17, 15) is 14.4 Å². The number of aromatic nitrogens is 3. The van der Waals surface area contributed by atoms with Crippen molar-refractivity contribution in [2.45, 2.75) is 19.9 Å². The van der Waals surface area contributed by atoms with Crippen LogP contribution in [0.2, 0.25) is 5.02 Å². The zero-order valence-corrected chi connectivity index (χ0v) is 18.1. The number of hydrogen-bond acceptors (Lipinski definition) is 5. The summed E-state index contributed by atoms with van der Waals surface area (Å²) in [5.41, 5.74) is 0.313. The number of amides is 1. The molecule has 0 aliphatic rings. The van der Waals surface area contributed by atoms with E-state index in [2.05, 4.69) is 10.4 Å². The third-order valence-electron chi connectivity index (χ3n) is 4.56. The molecule has 162 valence electrons. The monoisotopic (exact) mass is 442 g/mol. The van der Waals surface area contributed by atoms with E-state index in [1.807, 2.05) is 31.2 Å². The molecule has 0 atom stereocenters. The second-order valence-electron chi connectivity index (χ2n) is 7.01. The average Bonchev–Trinajstić information content (AvgIpc) is 2.74. The lowest BCUT2D eigenvalue weighted by molar-refractivity contribution is 0.0938. The number of aryl methyl sites for hydroxylation is 1. The summed E-state index contributed by atoms with van der Waals surface area (Å²) in [6, 6.07) is 13.9. The first-order valence-corrected chi connectivity index (χ1v) is 10.1. The molecule has 0 saturated carbocycles. The van der Waals surface area contributed by atoms with Crippen LogP contribution in [0.5, 0.6) is 0 Å². The first kappa shape index (κ1) is 22.5. The number of ether oxygens (including phenoxy) is 1. The topological polar surface area (TPSA) is 95.2 Å². The minimum absolute atomic E-state index is 0.00634. The van der Waals surface area contributed by atoms with Gasteiger partial charge >= 0.3 is 5.69 Å². The molecule has 31 heavy (non-hydrogen) atoms. The lowest BCUT2D eigenvalue weighted by atomic mass is 10.1. The maximum Gasteiger partial charge on any atom is 0.352 e. The summed E-state index contributed by atoms with van der Waals surface area (Å²) in [7, 11) is 1.56. The minimum atomic E-state index is -0.756. The minimum Gasteiger partial charge on any atom is -0.385 e. The molecule has 0 aliphatic carbocycles. The number of hydrogen-bond donors (Lipinski definition) is 1. The lowest BCUT2D eigenvalue weighted by Crippen LogP contribution is -2.46. The van der Waals surface area contributed by atoms with Gasteiger partial charge in [0.2, 0.25) is 5.69 Å². The van der Waals surface area contributed by atoms with Crippen molar-refractivity contribution in [3.63, 3.8) is 0 Å². The van der Waals surface area contributed by atoms with Crippen LogP contribution in [0.1, 0.15) is 28.0 Å². The quantitative estimate of drug-likeness (QED) is 0.539. The molecule has 0 unspecified atom stereocenters. The van der Waals surface area contributed by atoms with Crippen LogP contribution < -0.4 is 16.6 Å². The average molecular weight is 443 g/mol. The van der Waals surface area contributed by atoms with Gasteiger partial charge in [-0.05, 0) is 37.1 Å². The van der Waals surface area contributed by atoms with Gasteiger partial charge in [-0.1, -0.05) is 47.5 Å². The Labute approximate surface area is 184 Å². The van der Waals surface area contributed by atoms with Gasteiger partial charge in [-0.15, -0.1) is 0 Å². The van der Waals surface area contributed by atoms with Crippen molar-refractivity contribution in [1.82, 2.24) is 19.7 Å². The second-order valence-corrected chi connectivity index (χ2v) is 7.44. The Hall–Kier alpha value is -3.23. The Morgan fingerprint density at radius 1 is 1.16 bits per heavy atom. The molecule has 0 radical (unpaired) electrons. The Morgan fingerprint density at radius 2 is 1.94 bits per heavy atom. The van der Waals surface area contributed by atoms with Crippen LogP contribution in [0.4, 0.5) is 0 Å². The molecule has 2 aromatic carbocycles. The summed E-state index contributed by atoms with van der Waals surface area (Å²) in [5.74, 6) is -0.658. The SMILES string of the molecule is COCCCNC(=O)c1nn(-c2cccc(Cl)c2)c(=O)n(Cc2cccc(C)c2)c1=O. The van der Waals surface area contributed by atoms with Crippen LogP contribution in [0.3, 0.4) is 0 Å². The van der Waals surface area contributed by atoms with Crippen LogP contribution in [0, 0.1) is 6.92 Å². The number of benzene rings is 2. The molecule has 9 heteroatoms. The number of carbonyl (C=O) groups excluding carboxylic acids is 1. The molecule has 1 aromatic heterocycles. The summed E-state index contributed by atoms with van der Waals surface area (Å²) < 4.78 is 6.99. The van der Waals surface area contributed by atoms with E-state index in [0.717, 1.165) is 20.4 Å². The molecule has 3 aromatic rings. The van der Waals surface area contributed by atoms with Crippen molar-refractivity contribution in [3.8, 4) is 5.69 Å². The standard InChI is InChI=1S/C22H23ClN4O4/c1-15-6-3-7-16(12-15)14-26-21(29)19(20(28)24-10-5-11-31-2)25-27(22(26)30)18-9-4-8-17(23)13-18/h3-4,6-9,12-13H,5,10-11,14H2,1-2H3,(H,24,28). The molecule has 3 rings (SSSR count). The lowest BCUT2D eigenvalue weighted by Gasteiger charge is -2.13.